The van der Waals surface area contributed by atoms with Crippen LogP contribution >= 0.6 is 11.6 Å². The molecule has 2 rings (SSSR count). The second-order valence-electron chi connectivity index (χ2n) is 4.55. The molecular weight excluding hydrogens is 274 g/mol. The Kier molecular flexibility index (Phi) is 4.69. The maximum Gasteiger partial charge on any atom is 0.254 e. The second kappa shape index (κ2) is 6.48. The summed E-state index contributed by atoms with van der Waals surface area (Å²) in [4.78, 5) is 22.2. The van der Waals surface area contributed by atoms with Crippen LogP contribution in [0.5, 0.6) is 0 Å². The van der Waals surface area contributed by atoms with E-state index in [0.29, 0.717) is 17.3 Å². The van der Waals surface area contributed by atoms with Gasteiger partial charge in [-0.25, -0.2) is 4.98 Å². The zero-order valence-corrected chi connectivity index (χ0v) is 12.3. The van der Waals surface area contributed by atoms with Gasteiger partial charge < -0.3 is 4.90 Å². The molecule has 2 aromatic heterocycles. The Balaban J connectivity index is 2.16. The Morgan fingerprint density at radius 1 is 1.40 bits per heavy atom. The van der Waals surface area contributed by atoms with E-state index in [1.54, 1.807) is 36.5 Å². The molecule has 4 nitrogen and oxygen atoms in total. The van der Waals surface area contributed by atoms with Crippen LogP contribution in [0.2, 0.25) is 5.15 Å². The van der Waals surface area contributed by atoms with Crippen molar-refractivity contribution in [1.29, 1.82) is 0 Å². The van der Waals surface area contributed by atoms with Crippen LogP contribution in [0.1, 0.15) is 28.5 Å². The number of carbonyl (C=O) groups excluding carboxylic acids is 1. The van der Waals surface area contributed by atoms with Gasteiger partial charge in [0.1, 0.15) is 5.15 Å². The van der Waals surface area contributed by atoms with Crippen LogP contribution in [-0.2, 0) is 13.0 Å². The monoisotopic (exact) mass is 289 g/mol. The van der Waals surface area contributed by atoms with E-state index in [0.717, 1.165) is 17.7 Å². The standard InChI is InChI=1S/C15H16ClN3O/c1-3-13-7-12(8-14(16)18-13)15(20)19(2)10-11-5-4-6-17-9-11/h4-9H,3,10H2,1-2H3. The second-order valence-corrected chi connectivity index (χ2v) is 4.93. The van der Waals surface area contributed by atoms with Crippen molar-refractivity contribution >= 4 is 17.5 Å². The highest BCUT2D eigenvalue weighted by atomic mass is 35.5. The van der Waals surface area contributed by atoms with Crippen molar-refractivity contribution in [3.05, 3.63) is 58.6 Å². The van der Waals surface area contributed by atoms with Crippen molar-refractivity contribution in [3.8, 4) is 0 Å². The number of hydrogen-bond acceptors (Lipinski definition) is 3. The topological polar surface area (TPSA) is 46.1 Å². The molecule has 2 aromatic rings. The van der Waals surface area contributed by atoms with E-state index >= 15 is 0 Å². The van der Waals surface area contributed by atoms with Crippen LogP contribution in [0.25, 0.3) is 0 Å². The molecule has 0 fully saturated rings. The first-order valence-electron chi connectivity index (χ1n) is 6.41. The molecule has 104 valence electrons. The van der Waals surface area contributed by atoms with Gasteiger partial charge in [0.15, 0.2) is 0 Å². The largest absolute Gasteiger partial charge is 0.337 e. The summed E-state index contributed by atoms with van der Waals surface area (Å²) in [7, 11) is 1.76. The number of hydrogen-bond donors (Lipinski definition) is 0. The molecule has 0 aliphatic rings. The molecule has 0 atom stereocenters. The van der Waals surface area contributed by atoms with Crippen LogP contribution in [0.15, 0.2) is 36.7 Å². The molecule has 0 aromatic carbocycles. The van der Waals surface area contributed by atoms with Gasteiger partial charge in [-0.2, -0.15) is 0 Å². The van der Waals surface area contributed by atoms with Gasteiger partial charge in [0.05, 0.1) is 0 Å². The van der Waals surface area contributed by atoms with Crippen molar-refractivity contribution in [1.82, 2.24) is 14.9 Å². The third kappa shape index (κ3) is 3.54. The highest BCUT2D eigenvalue weighted by molar-refractivity contribution is 6.29. The number of halogens is 1. The molecule has 5 heteroatoms. The van der Waals surface area contributed by atoms with Gasteiger partial charge in [-0.05, 0) is 30.2 Å². The molecule has 0 saturated carbocycles. The van der Waals surface area contributed by atoms with E-state index in [2.05, 4.69) is 9.97 Å². The Morgan fingerprint density at radius 2 is 2.20 bits per heavy atom. The Hall–Kier alpha value is -1.94. The average Bonchev–Trinajstić information content (AvgIpc) is 2.46. The summed E-state index contributed by atoms with van der Waals surface area (Å²) in [6.45, 7) is 2.49. The van der Waals surface area contributed by atoms with Crippen molar-refractivity contribution < 1.29 is 4.79 Å². The number of rotatable bonds is 4. The summed E-state index contributed by atoms with van der Waals surface area (Å²) in [6, 6.07) is 7.18. The molecule has 2 heterocycles. The van der Waals surface area contributed by atoms with Crippen LogP contribution in [0.4, 0.5) is 0 Å². The minimum absolute atomic E-state index is 0.0761. The van der Waals surface area contributed by atoms with E-state index < -0.39 is 0 Å². The fourth-order valence-corrected chi connectivity index (χ4v) is 2.14. The van der Waals surface area contributed by atoms with Gasteiger partial charge in [-0.1, -0.05) is 24.6 Å². The normalized spacial score (nSPS) is 10.3. The van der Waals surface area contributed by atoms with E-state index in [1.807, 2.05) is 19.1 Å². The molecule has 0 aliphatic carbocycles. The third-order valence-corrected chi connectivity index (χ3v) is 3.14. The number of nitrogens with zero attached hydrogens (tertiary/aromatic N) is 3. The minimum Gasteiger partial charge on any atom is -0.337 e. The summed E-state index contributed by atoms with van der Waals surface area (Å²) in [6.07, 6.45) is 4.20. The lowest BCUT2D eigenvalue weighted by Crippen LogP contribution is -2.26. The highest BCUT2D eigenvalue weighted by Crippen LogP contribution is 2.14. The minimum atomic E-state index is -0.0761. The molecule has 0 spiro atoms. The average molecular weight is 290 g/mol. The van der Waals surface area contributed by atoms with Crippen molar-refractivity contribution in [2.45, 2.75) is 19.9 Å². The molecular formula is C15H16ClN3O. The fraction of sp³-hybridized carbons (Fsp3) is 0.267. The van der Waals surface area contributed by atoms with Crippen LogP contribution in [0, 0.1) is 0 Å². The first-order chi connectivity index (χ1) is 9.60. The van der Waals surface area contributed by atoms with E-state index in [-0.39, 0.29) is 5.91 Å². The number of amides is 1. The molecule has 1 amide bonds. The lowest BCUT2D eigenvalue weighted by Gasteiger charge is -2.17. The van der Waals surface area contributed by atoms with Gasteiger partial charge >= 0.3 is 0 Å². The van der Waals surface area contributed by atoms with Crippen LogP contribution in [0.3, 0.4) is 0 Å². The SMILES string of the molecule is CCc1cc(C(=O)N(C)Cc2cccnc2)cc(Cl)n1. The Morgan fingerprint density at radius 3 is 2.85 bits per heavy atom. The molecule has 0 radical (unpaired) electrons. The number of pyridine rings is 2. The molecule has 0 N–H and O–H groups in total. The summed E-state index contributed by atoms with van der Waals surface area (Å²) in [5, 5.41) is 0.350. The summed E-state index contributed by atoms with van der Waals surface area (Å²) < 4.78 is 0. The molecule has 0 unspecified atom stereocenters. The summed E-state index contributed by atoms with van der Waals surface area (Å²) in [5.74, 6) is -0.0761. The lowest BCUT2D eigenvalue weighted by atomic mass is 10.1. The van der Waals surface area contributed by atoms with E-state index in [9.17, 15) is 4.79 Å². The summed E-state index contributed by atoms with van der Waals surface area (Å²) in [5.41, 5.74) is 2.36. The van der Waals surface area contributed by atoms with Gasteiger partial charge in [-0.3, -0.25) is 9.78 Å². The third-order valence-electron chi connectivity index (χ3n) is 2.95. The number of aryl methyl sites for hydroxylation is 1. The Bertz CT molecular complexity index is 601. The van der Waals surface area contributed by atoms with Gasteiger partial charge in [-0.15, -0.1) is 0 Å². The van der Waals surface area contributed by atoms with Gasteiger partial charge in [0, 0.05) is 37.2 Å². The number of aromatic nitrogens is 2. The summed E-state index contributed by atoms with van der Waals surface area (Å²) >= 11 is 5.95. The predicted molar refractivity (Wildman–Crippen MR) is 78.7 cm³/mol. The molecule has 0 bridgehead atoms. The highest BCUT2D eigenvalue weighted by Gasteiger charge is 2.14. The molecule has 0 saturated heterocycles. The maximum absolute atomic E-state index is 12.4. The smallest absolute Gasteiger partial charge is 0.254 e. The first kappa shape index (κ1) is 14.5. The van der Waals surface area contributed by atoms with Crippen molar-refractivity contribution in [2.24, 2.45) is 0 Å². The zero-order chi connectivity index (χ0) is 14.5. The van der Waals surface area contributed by atoms with Gasteiger partial charge in [0.2, 0.25) is 0 Å². The van der Waals surface area contributed by atoms with E-state index in [4.69, 9.17) is 11.6 Å². The van der Waals surface area contributed by atoms with Crippen LogP contribution in [-0.4, -0.2) is 27.8 Å². The molecule has 0 aliphatic heterocycles. The first-order valence-corrected chi connectivity index (χ1v) is 6.78. The zero-order valence-electron chi connectivity index (χ0n) is 11.5. The van der Waals surface area contributed by atoms with Crippen molar-refractivity contribution in [2.75, 3.05) is 7.05 Å². The maximum atomic E-state index is 12.4. The van der Waals surface area contributed by atoms with Crippen LogP contribution < -0.4 is 0 Å². The predicted octanol–water partition coefficient (Wildman–Crippen LogP) is 2.96. The van der Waals surface area contributed by atoms with Crippen molar-refractivity contribution in [3.63, 3.8) is 0 Å². The number of carbonyl (C=O) groups is 1. The Labute approximate surface area is 123 Å². The quantitative estimate of drug-likeness (QED) is 0.813. The van der Waals surface area contributed by atoms with E-state index in [1.165, 1.54) is 0 Å². The molecule has 20 heavy (non-hydrogen) atoms. The lowest BCUT2D eigenvalue weighted by molar-refractivity contribution is 0.0784. The fourth-order valence-electron chi connectivity index (χ4n) is 1.91. The van der Waals surface area contributed by atoms with Gasteiger partial charge in [0.25, 0.3) is 5.91 Å².